The fraction of sp³-hybridized carbons (Fsp3) is 0. The van der Waals surface area contributed by atoms with Crippen LogP contribution in [0, 0.1) is 3.57 Å². The van der Waals surface area contributed by atoms with Crippen molar-refractivity contribution in [3.8, 4) is 0 Å². The van der Waals surface area contributed by atoms with Gasteiger partial charge in [0.05, 0.1) is 5.02 Å². The van der Waals surface area contributed by atoms with Gasteiger partial charge in [0.15, 0.2) is 5.15 Å². The second-order valence-electron chi connectivity index (χ2n) is 2.02. The fourth-order valence-corrected chi connectivity index (χ4v) is 1.64. The van der Waals surface area contributed by atoms with Crippen molar-refractivity contribution in [2.45, 2.75) is 0 Å². The van der Waals surface area contributed by atoms with Gasteiger partial charge >= 0.3 is 6.09 Å². The SMILES string of the molecule is O=C(O)Nc1cc(I)c(Cl)c(Cl)n1. The van der Waals surface area contributed by atoms with Crippen molar-refractivity contribution in [1.29, 1.82) is 0 Å². The summed E-state index contributed by atoms with van der Waals surface area (Å²) in [6.45, 7) is 0. The van der Waals surface area contributed by atoms with Crippen molar-refractivity contribution in [3.63, 3.8) is 0 Å². The molecule has 7 heteroatoms. The van der Waals surface area contributed by atoms with Crippen molar-refractivity contribution in [1.82, 2.24) is 4.98 Å². The molecule has 0 saturated carbocycles. The molecule has 0 saturated heterocycles. The van der Waals surface area contributed by atoms with Crippen LogP contribution in [-0.4, -0.2) is 16.2 Å². The summed E-state index contributed by atoms with van der Waals surface area (Å²) < 4.78 is 0.642. The van der Waals surface area contributed by atoms with E-state index in [4.69, 9.17) is 28.3 Å². The molecule has 1 amide bonds. The zero-order chi connectivity index (χ0) is 10.0. The van der Waals surface area contributed by atoms with Gasteiger partial charge in [0.1, 0.15) is 5.82 Å². The van der Waals surface area contributed by atoms with Crippen LogP contribution in [0.5, 0.6) is 0 Å². The second-order valence-corrected chi connectivity index (χ2v) is 3.92. The summed E-state index contributed by atoms with van der Waals surface area (Å²) in [5.74, 6) is 0.159. The first-order chi connectivity index (χ1) is 6.00. The highest BCUT2D eigenvalue weighted by atomic mass is 127. The van der Waals surface area contributed by atoms with Crippen LogP contribution in [0.25, 0.3) is 0 Å². The van der Waals surface area contributed by atoms with E-state index >= 15 is 0 Å². The van der Waals surface area contributed by atoms with Crippen molar-refractivity contribution >= 4 is 57.7 Å². The Hall–Kier alpha value is -0.270. The minimum atomic E-state index is -1.19. The first-order valence-electron chi connectivity index (χ1n) is 3.02. The number of pyridine rings is 1. The van der Waals surface area contributed by atoms with Crippen LogP contribution in [0.4, 0.5) is 10.6 Å². The maximum absolute atomic E-state index is 10.2. The van der Waals surface area contributed by atoms with Gasteiger partial charge in [-0.05, 0) is 28.7 Å². The average molecular weight is 333 g/mol. The fourth-order valence-electron chi connectivity index (χ4n) is 0.643. The molecule has 1 aromatic rings. The predicted octanol–water partition coefficient (Wildman–Crippen LogP) is 3.08. The van der Waals surface area contributed by atoms with Crippen LogP contribution >= 0.6 is 45.8 Å². The standard InChI is InChI=1S/C6H3Cl2IN2O2/c7-4-2(9)1-3(10-5(4)8)11-6(12)13/h1H,(H,10,11)(H,12,13). The Labute approximate surface area is 97.4 Å². The van der Waals surface area contributed by atoms with Gasteiger partial charge in [-0.15, -0.1) is 0 Å². The van der Waals surface area contributed by atoms with Crippen molar-refractivity contribution in [3.05, 3.63) is 19.8 Å². The molecule has 1 aromatic heterocycles. The van der Waals surface area contributed by atoms with Gasteiger partial charge < -0.3 is 5.11 Å². The molecule has 0 aliphatic rings. The minimum Gasteiger partial charge on any atom is -0.465 e. The van der Waals surface area contributed by atoms with Crippen LogP contribution in [0.3, 0.4) is 0 Å². The number of halogens is 3. The Morgan fingerprint density at radius 2 is 2.23 bits per heavy atom. The van der Waals surface area contributed by atoms with Gasteiger partial charge in [-0.3, -0.25) is 5.32 Å². The maximum atomic E-state index is 10.2. The third-order valence-corrected chi connectivity index (χ3v) is 3.03. The predicted molar refractivity (Wildman–Crippen MR) is 58.6 cm³/mol. The van der Waals surface area contributed by atoms with E-state index in [2.05, 4.69) is 10.3 Å². The maximum Gasteiger partial charge on any atom is 0.410 e. The molecule has 0 radical (unpaired) electrons. The van der Waals surface area contributed by atoms with E-state index in [1.54, 1.807) is 0 Å². The van der Waals surface area contributed by atoms with Gasteiger partial charge in [0, 0.05) is 3.57 Å². The van der Waals surface area contributed by atoms with E-state index < -0.39 is 6.09 Å². The third kappa shape index (κ3) is 2.85. The highest BCUT2D eigenvalue weighted by Crippen LogP contribution is 2.27. The molecule has 0 aliphatic carbocycles. The largest absolute Gasteiger partial charge is 0.465 e. The lowest BCUT2D eigenvalue weighted by Gasteiger charge is -2.03. The summed E-state index contributed by atoms with van der Waals surface area (Å²) in [4.78, 5) is 14.0. The van der Waals surface area contributed by atoms with Crippen LogP contribution < -0.4 is 5.32 Å². The number of hydrogen-bond acceptors (Lipinski definition) is 2. The monoisotopic (exact) mass is 332 g/mol. The molecule has 0 fully saturated rings. The number of hydrogen-bond donors (Lipinski definition) is 2. The molecule has 0 aromatic carbocycles. The molecule has 0 aliphatic heterocycles. The van der Waals surface area contributed by atoms with Gasteiger partial charge in [0.25, 0.3) is 0 Å². The molecule has 0 bridgehead atoms. The van der Waals surface area contributed by atoms with E-state index in [0.717, 1.165) is 0 Å². The molecule has 70 valence electrons. The van der Waals surface area contributed by atoms with Gasteiger partial charge in [-0.2, -0.15) is 0 Å². The van der Waals surface area contributed by atoms with Crippen LogP contribution in [-0.2, 0) is 0 Å². The number of carboxylic acid groups (broad SMARTS) is 1. The quantitative estimate of drug-likeness (QED) is 0.613. The number of rotatable bonds is 1. The van der Waals surface area contributed by atoms with Gasteiger partial charge in [-0.25, -0.2) is 9.78 Å². The smallest absolute Gasteiger partial charge is 0.410 e. The Morgan fingerprint density at radius 1 is 1.62 bits per heavy atom. The Balaban J connectivity index is 3.06. The van der Waals surface area contributed by atoms with E-state index in [-0.39, 0.29) is 11.0 Å². The molecule has 1 rings (SSSR count). The zero-order valence-corrected chi connectivity index (χ0v) is 9.68. The molecule has 0 spiro atoms. The Morgan fingerprint density at radius 3 is 2.69 bits per heavy atom. The number of anilines is 1. The number of nitrogens with one attached hydrogen (secondary N) is 1. The van der Waals surface area contributed by atoms with E-state index in [1.165, 1.54) is 6.07 Å². The van der Waals surface area contributed by atoms with Crippen molar-refractivity contribution in [2.24, 2.45) is 0 Å². The van der Waals surface area contributed by atoms with Crippen LogP contribution in [0.1, 0.15) is 0 Å². The van der Waals surface area contributed by atoms with Gasteiger partial charge in [-0.1, -0.05) is 23.2 Å². The molecule has 0 atom stereocenters. The molecular weight excluding hydrogens is 330 g/mol. The number of nitrogens with zero attached hydrogens (tertiary/aromatic N) is 1. The normalized spacial score (nSPS) is 9.77. The molecule has 13 heavy (non-hydrogen) atoms. The summed E-state index contributed by atoms with van der Waals surface area (Å²) in [5.41, 5.74) is 0. The van der Waals surface area contributed by atoms with Gasteiger partial charge in [0.2, 0.25) is 0 Å². The first-order valence-corrected chi connectivity index (χ1v) is 4.85. The number of aromatic nitrogens is 1. The summed E-state index contributed by atoms with van der Waals surface area (Å²) in [6, 6.07) is 1.49. The molecule has 0 unspecified atom stereocenters. The Bertz CT molecular complexity index is 335. The molecule has 1 heterocycles. The second kappa shape index (κ2) is 4.30. The molecular formula is C6H3Cl2IN2O2. The van der Waals surface area contributed by atoms with Crippen LogP contribution in [0.15, 0.2) is 6.07 Å². The highest BCUT2D eigenvalue weighted by molar-refractivity contribution is 14.1. The summed E-state index contributed by atoms with van der Waals surface area (Å²) in [7, 11) is 0. The lowest BCUT2D eigenvalue weighted by Crippen LogP contribution is -2.09. The number of amides is 1. The van der Waals surface area contributed by atoms with Crippen molar-refractivity contribution < 1.29 is 9.90 Å². The highest BCUT2D eigenvalue weighted by Gasteiger charge is 2.08. The minimum absolute atomic E-state index is 0.0808. The zero-order valence-electron chi connectivity index (χ0n) is 6.01. The third-order valence-electron chi connectivity index (χ3n) is 1.11. The number of carbonyl (C=O) groups is 1. The summed E-state index contributed by atoms with van der Waals surface area (Å²) >= 11 is 13.3. The average Bonchev–Trinajstić information content (AvgIpc) is 1.98. The Kier molecular flexibility index (Phi) is 3.57. The lowest BCUT2D eigenvalue weighted by molar-refractivity contribution is 0.209. The van der Waals surface area contributed by atoms with E-state index in [0.29, 0.717) is 8.59 Å². The topological polar surface area (TPSA) is 62.2 Å². The molecule has 2 N–H and O–H groups in total. The summed E-state index contributed by atoms with van der Waals surface area (Å²) in [6.07, 6.45) is -1.19. The molecule has 4 nitrogen and oxygen atoms in total. The van der Waals surface area contributed by atoms with E-state index in [9.17, 15) is 4.79 Å². The lowest BCUT2D eigenvalue weighted by atomic mass is 10.4. The van der Waals surface area contributed by atoms with Crippen molar-refractivity contribution in [2.75, 3.05) is 5.32 Å². The summed E-state index contributed by atoms with van der Waals surface area (Å²) in [5, 5.41) is 10.9. The first kappa shape index (κ1) is 10.8. The van der Waals surface area contributed by atoms with E-state index in [1.807, 2.05) is 22.6 Å². The van der Waals surface area contributed by atoms with Crippen LogP contribution in [0.2, 0.25) is 10.2 Å².